The summed E-state index contributed by atoms with van der Waals surface area (Å²) in [5.74, 6) is 0.398. The Morgan fingerprint density at radius 3 is 1.02 bits per heavy atom. The standard InChI is InChI=1S/C31H54O.C19H37NO.C10H15N/c1-5-6-7-8-9-10-11-12-13-14-15-16-17-18-19-20-21-22-30(32)27-28-23-25-29(26-24-28)31(2,3)4;1-2-3-4-5-6-7-8-9-10-11-12-13-14-15-16-17-18-20-19-21;1-10(2,3)8-4-6-9(11)7-5-8/h23-26H,5-22,27H2,1-4H3;2-18H2,1H3;4-7H,11H2,1-3H3. The molecule has 0 saturated heterocycles. The highest BCUT2D eigenvalue weighted by Crippen LogP contribution is 2.24. The van der Waals surface area contributed by atoms with Gasteiger partial charge < -0.3 is 5.73 Å². The molecule has 0 spiro atoms. The first-order chi connectivity index (χ1) is 30.8. The van der Waals surface area contributed by atoms with Gasteiger partial charge in [0.25, 0.3) is 0 Å². The maximum absolute atomic E-state index is 12.3. The average Bonchev–Trinajstić information content (AvgIpc) is 3.26. The fraction of sp³-hybridized carbons (Fsp3) is 0.767. The van der Waals surface area contributed by atoms with Crippen molar-refractivity contribution in [2.45, 2.75) is 291 Å². The first kappa shape index (κ1) is 61.3. The summed E-state index contributed by atoms with van der Waals surface area (Å²) in [6.45, 7) is 18.5. The Kier molecular flexibility index (Phi) is 41.1. The number of nitrogen functional groups attached to an aromatic ring is 1. The summed E-state index contributed by atoms with van der Waals surface area (Å²) in [5, 5.41) is 0. The highest BCUT2D eigenvalue weighted by atomic mass is 16.1. The van der Waals surface area contributed by atoms with E-state index in [2.05, 4.69) is 96.8 Å². The van der Waals surface area contributed by atoms with Crippen LogP contribution < -0.4 is 5.73 Å². The van der Waals surface area contributed by atoms with Gasteiger partial charge >= 0.3 is 0 Å². The molecule has 0 aromatic heterocycles. The number of anilines is 1. The highest BCUT2D eigenvalue weighted by Gasteiger charge is 2.14. The first-order valence-corrected chi connectivity index (χ1v) is 27.4. The van der Waals surface area contributed by atoms with Crippen molar-refractivity contribution in [3.05, 3.63) is 65.2 Å². The highest BCUT2D eigenvalue weighted by molar-refractivity contribution is 5.80. The van der Waals surface area contributed by atoms with Gasteiger partial charge in [-0.2, -0.15) is 0 Å². The molecule has 0 unspecified atom stereocenters. The van der Waals surface area contributed by atoms with E-state index in [4.69, 9.17) is 5.73 Å². The fourth-order valence-corrected chi connectivity index (χ4v) is 8.25. The van der Waals surface area contributed by atoms with Crippen LogP contribution in [0.2, 0.25) is 0 Å². The molecule has 0 amide bonds. The van der Waals surface area contributed by atoms with Crippen LogP contribution in [0.25, 0.3) is 0 Å². The van der Waals surface area contributed by atoms with Crippen molar-refractivity contribution in [2.24, 2.45) is 4.99 Å². The third-order valence-electron chi connectivity index (χ3n) is 12.7. The Morgan fingerprint density at radius 2 is 0.719 bits per heavy atom. The molecule has 2 rings (SSSR count). The van der Waals surface area contributed by atoms with Crippen LogP contribution in [0.4, 0.5) is 5.69 Å². The predicted molar refractivity (Wildman–Crippen MR) is 285 cm³/mol. The lowest BCUT2D eigenvalue weighted by Crippen LogP contribution is -2.11. The second-order valence-corrected chi connectivity index (χ2v) is 21.2. The van der Waals surface area contributed by atoms with Crippen LogP contribution in [0.5, 0.6) is 0 Å². The molecule has 0 bridgehead atoms. The quantitative estimate of drug-likeness (QED) is 0.0318. The molecular formula is C60H106N2O2. The van der Waals surface area contributed by atoms with Gasteiger partial charge in [0.2, 0.25) is 6.08 Å². The van der Waals surface area contributed by atoms with Gasteiger partial charge in [-0.1, -0.05) is 291 Å². The van der Waals surface area contributed by atoms with E-state index in [0.29, 0.717) is 18.7 Å². The summed E-state index contributed by atoms with van der Waals surface area (Å²) >= 11 is 0. The van der Waals surface area contributed by atoms with Gasteiger partial charge in [0.1, 0.15) is 5.78 Å². The molecule has 0 atom stereocenters. The van der Waals surface area contributed by atoms with E-state index in [1.807, 2.05) is 12.1 Å². The summed E-state index contributed by atoms with van der Waals surface area (Å²) < 4.78 is 0. The lowest BCUT2D eigenvalue weighted by molar-refractivity contribution is -0.118. The van der Waals surface area contributed by atoms with E-state index >= 15 is 0 Å². The number of hydrogen-bond donors (Lipinski definition) is 1. The van der Waals surface area contributed by atoms with Crippen LogP contribution in [-0.4, -0.2) is 18.4 Å². The number of nitrogens with zero attached hydrogens (tertiary/aromatic N) is 1. The lowest BCUT2D eigenvalue weighted by atomic mass is 9.86. The zero-order valence-electron chi connectivity index (χ0n) is 43.9. The van der Waals surface area contributed by atoms with Gasteiger partial charge in [-0.3, -0.25) is 4.79 Å². The number of Topliss-reactive ketones (excluding diaryl/α,β-unsaturated/α-hetero) is 1. The first-order valence-electron chi connectivity index (χ1n) is 27.4. The van der Waals surface area contributed by atoms with Gasteiger partial charge in [0, 0.05) is 18.5 Å². The van der Waals surface area contributed by atoms with Crippen molar-refractivity contribution in [3.63, 3.8) is 0 Å². The molecule has 368 valence electrons. The van der Waals surface area contributed by atoms with Crippen molar-refractivity contribution >= 4 is 17.6 Å². The number of unbranched alkanes of at least 4 members (excludes halogenated alkanes) is 31. The normalized spacial score (nSPS) is 11.3. The summed E-state index contributed by atoms with van der Waals surface area (Å²) in [5.41, 5.74) is 10.6. The van der Waals surface area contributed by atoms with E-state index in [1.54, 1.807) is 6.08 Å². The Hall–Kier alpha value is -2.71. The molecule has 2 aromatic rings. The number of ketones is 1. The van der Waals surface area contributed by atoms with Crippen LogP contribution in [0.15, 0.2) is 53.5 Å². The number of rotatable bonds is 37. The maximum atomic E-state index is 12.3. The van der Waals surface area contributed by atoms with Gasteiger partial charge in [-0.05, 0) is 52.5 Å². The zero-order chi connectivity index (χ0) is 47.4. The van der Waals surface area contributed by atoms with Crippen LogP contribution in [0.1, 0.15) is 290 Å². The Labute approximate surface area is 399 Å². The van der Waals surface area contributed by atoms with Gasteiger partial charge in [0.15, 0.2) is 0 Å². The number of benzene rings is 2. The van der Waals surface area contributed by atoms with E-state index in [-0.39, 0.29) is 10.8 Å². The topological polar surface area (TPSA) is 72.5 Å². The minimum atomic E-state index is 0.176. The molecule has 64 heavy (non-hydrogen) atoms. The molecule has 4 nitrogen and oxygen atoms in total. The van der Waals surface area contributed by atoms with Gasteiger partial charge in [0.05, 0.1) is 6.54 Å². The third kappa shape index (κ3) is 40.8. The molecule has 2 N–H and O–H groups in total. The number of nitrogens with two attached hydrogens (primary N) is 1. The molecule has 0 aliphatic carbocycles. The van der Waals surface area contributed by atoms with E-state index < -0.39 is 0 Å². The van der Waals surface area contributed by atoms with Crippen molar-refractivity contribution in [1.82, 2.24) is 0 Å². The van der Waals surface area contributed by atoms with Crippen molar-refractivity contribution in [2.75, 3.05) is 12.3 Å². The molecule has 0 fully saturated rings. The number of hydrogen-bond acceptors (Lipinski definition) is 4. The Bertz CT molecular complexity index is 1340. The minimum absolute atomic E-state index is 0.176. The van der Waals surface area contributed by atoms with Crippen LogP contribution in [-0.2, 0) is 26.8 Å². The molecule has 2 aromatic carbocycles. The number of isocyanates is 1. The predicted octanol–water partition coefficient (Wildman–Crippen LogP) is 19.3. The Morgan fingerprint density at radius 1 is 0.438 bits per heavy atom. The zero-order valence-corrected chi connectivity index (χ0v) is 43.9. The lowest BCUT2D eigenvalue weighted by Gasteiger charge is -2.19. The van der Waals surface area contributed by atoms with Crippen molar-refractivity contribution in [3.8, 4) is 0 Å². The molecule has 0 heterocycles. The molecular weight excluding hydrogens is 781 g/mol. The van der Waals surface area contributed by atoms with Crippen molar-refractivity contribution in [1.29, 1.82) is 0 Å². The SMILES string of the molecule is CC(C)(C)c1ccc(N)cc1.CCCCCCCCCCCCCCCCCCCC(=O)Cc1ccc(C(C)(C)C)cc1.CCCCCCCCCCCCCCCCCCN=C=O. The molecule has 0 aliphatic rings. The Balaban J connectivity index is 0.00000105. The summed E-state index contributed by atoms with van der Waals surface area (Å²) in [7, 11) is 0. The van der Waals surface area contributed by atoms with E-state index in [0.717, 1.165) is 30.5 Å². The fourth-order valence-electron chi connectivity index (χ4n) is 8.25. The summed E-state index contributed by atoms with van der Waals surface area (Å²) in [6, 6.07) is 16.7. The van der Waals surface area contributed by atoms with Crippen LogP contribution >= 0.6 is 0 Å². The molecule has 0 saturated carbocycles. The van der Waals surface area contributed by atoms with Crippen LogP contribution in [0.3, 0.4) is 0 Å². The summed E-state index contributed by atoms with van der Waals surface area (Å²) in [4.78, 5) is 25.7. The number of carbonyl (C=O) groups is 1. The molecule has 0 radical (unpaired) electrons. The largest absolute Gasteiger partial charge is 0.399 e. The smallest absolute Gasteiger partial charge is 0.234 e. The number of carbonyl (C=O) groups excluding carboxylic acids is 2. The molecule has 4 heteroatoms. The second kappa shape index (κ2) is 42.9. The van der Waals surface area contributed by atoms with Crippen LogP contribution in [0, 0.1) is 0 Å². The maximum Gasteiger partial charge on any atom is 0.234 e. The summed E-state index contributed by atoms with van der Waals surface area (Å²) in [6.07, 6.45) is 48.4. The number of aliphatic imine (C=N–C) groups is 1. The second-order valence-electron chi connectivity index (χ2n) is 21.2. The third-order valence-corrected chi connectivity index (χ3v) is 12.7. The minimum Gasteiger partial charge on any atom is -0.399 e. The van der Waals surface area contributed by atoms with E-state index in [9.17, 15) is 9.59 Å². The van der Waals surface area contributed by atoms with Gasteiger partial charge in [-0.15, -0.1) is 0 Å². The molecule has 0 aliphatic heterocycles. The van der Waals surface area contributed by atoms with Gasteiger partial charge in [-0.25, -0.2) is 9.79 Å². The van der Waals surface area contributed by atoms with Crippen molar-refractivity contribution < 1.29 is 9.59 Å². The van der Waals surface area contributed by atoms with E-state index in [1.165, 1.54) is 210 Å². The monoisotopic (exact) mass is 887 g/mol. The average molecular weight is 888 g/mol.